The zero-order valence-electron chi connectivity index (χ0n) is 18.5. The van der Waals surface area contributed by atoms with Crippen LogP contribution in [0.1, 0.15) is 33.1 Å². The van der Waals surface area contributed by atoms with Crippen LogP contribution in [0.25, 0.3) is 0 Å². The topological polar surface area (TPSA) is 92.1 Å². The minimum atomic E-state index is -0.196. The summed E-state index contributed by atoms with van der Waals surface area (Å²) in [6, 6.07) is 19.1. The molecule has 0 atom stereocenters. The van der Waals surface area contributed by atoms with Crippen LogP contribution >= 0.6 is 0 Å². The van der Waals surface area contributed by atoms with E-state index in [1.165, 1.54) is 5.56 Å². The number of rotatable bonds is 6. The van der Waals surface area contributed by atoms with Gasteiger partial charge < -0.3 is 20.4 Å². The summed E-state index contributed by atoms with van der Waals surface area (Å²) in [4.78, 5) is 21.5. The lowest BCUT2D eigenvalue weighted by molar-refractivity contribution is 0.102. The normalized spacial score (nSPS) is 10.6. The van der Waals surface area contributed by atoms with Crippen LogP contribution in [0.2, 0.25) is 0 Å². The molecule has 1 amide bonds. The molecule has 2 aromatic heterocycles. The van der Waals surface area contributed by atoms with E-state index in [9.17, 15) is 4.79 Å². The molecule has 7 heteroatoms. The molecule has 0 fully saturated rings. The van der Waals surface area contributed by atoms with Crippen molar-refractivity contribution in [2.45, 2.75) is 27.7 Å². The molecule has 0 aliphatic rings. The minimum absolute atomic E-state index is 0.196. The highest BCUT2D eigenvalue weighted by Crippen LogP contribution is 2.22. The molecular formula is C25H25N5O2. The molecule has 0 spiro atoms. The molecule has 2 aromatic carbocycles. The number of nitrogens with one attached hydrogen (secondary N) is 3. The lowest BCUT2D eigenvalue weighted by Crippen LogP contribution is -2.12. The molecule has 4 aromatic rings. The van der Waals surface area contributed by atoms with Crippen molar-refractivity contribution in [2.24, 2.45) is 0 Å². The number of hydrogen-bond acceptors (Lipinski definition) is 6. The van der Waals surface area contributed by atoms with E-state index in [1.54, 1.807) is 13.0 Å². The Morgan fingerprint density at radius 2 is 1.41 bits per heavy atom. The molecule has 7 nitrogen and oxygen atoms in total. The average molecular weight is 428 g/mol. The van der Waals surface area contributed by atoms with Gasteiger partial charge >= 0.3 is 0 Å². The van der Waals surface area contributed by atoms with Gasteiger partial charge in [-0.3, -0.25) is 4.79 Å². The van der Waals surface area contributed by atoms with E-state index >= 15 is 0 Å². The van der Waals surface area contributed by atoms with Crippen LogP contribution in [0.15, 0.2) is 65.1 Å². The summed E-state index contributed by atoms with van der Waals surface area (Å²) in [6.07, 6.45) is 0. The van der Waals surface area contributed by atoms with Crippen molar-refractivity contribution in [1.29, 1.82) is 0 Å². The molecule has 0 saturated carbocycles. The number of carbonyl (C=O) groups is 1. The molecule has 3 N–H and O–H groups in total. The van der Waals surface area contributed by atoms with Crippen molar-refractivity contribution in [2.75, 3.05) is 16.0 Å². The third kappa shape index (κ3) is 5.13. The number of nitrogens with zero attached hydrogens (tertiary/aromatic N) is 2. The predicted octanol–water partition coefficient (Wildman–Crippen LogP) is 6.04. The number of furan rings is 1. The lowest BCUT2D eigenvalue weighted by atomic mass is 10.2. The van der Waals surface area contributed by atoms with Gasteiger partial charge in [0.05, 0.1) is 5.56 Å². The van der Waals surface area contributed by atoms with Crippen LogP contribution in [-0.4, -0.2) is 15.9 Å². The van der Waals surface area contributed by atoms with E-state index in [0.29, 0.717) is 34.5 Å². The van der Waals surface area contributed by atoms with Gasteiger partial charge in [-0.2, -0.15) is 4.98 Å². The van der Waals surface area contributed by atoms with Gasteiger partial charge in [-0.25, -0.2) is 4.98 Å². The van der Waals surface area contributed by atoms with E-state index in [0.717, 1.165) is 17.1 Å². The van der Waals surface area contributed by atoms with E-state index in [2.05, 4.69) is 25.9 Å². The van der Waals surface area contributed by atoms with Gasteiger partial charge in [0.2, 0.25) is 5.95 Å². The van der Waals surface area contributed by atoms with Crippen molar-refractivity contribution in [3.8, 4) is 0 Å². The standard InChI is InChI=1S/C25H25N5O2/c1-15-5-7-21(8-6-15)29-25-26-16(2)13-23(30-25)27-19-9-11-20(12-10-19)28-24(31)22-14-17(3)32-18(22)4/h5-14H,1-4H3,(H,28,31)(H2,26,27,29,30). The number of hydrogen-bond donors (Lipinski definition) is 3. The Kier molecular flexibility index (Phi) is 5.89. The number of carbonyl (C=O) groups excluding carboxylic acids is 1. The minimum Gasteiger partial charge on any atom is -0.466 e. The van der Waals surface area contributed by atoms with Crippen molar-refractivity contribution in [3.05, 3.63) is 89.0 Å². The Bertz CT molecular complexity index is 1240. The maximum atomic E-state index is 12.5. The molecule has 0 aliphatic carbocycles. The second-order valence-corrected chi connectivity index (χ2v) is 7.69. The Labute approximate surface area is 186 Å². The third-order valence-corrected chi connectivity index (χ3v) is 4.86. The number of anilines is 5. The molecule has 2 heterocycles. The lowest BCUT2D eigenvalue weighted by Gasteiger charge is -2.11. The first-order valence-electron chi connectivity index (χ1n) is 10.3. The van der Waals surface area contributed by atoms with Crippen molar-refractivity contribution in [3.63, 3.8) is 0 Å². The second kappa shape index (κ2) is 8.93. The number of aryl methyl sites for hydroxylation is 4. The zero-order valence-corrected chi connectivity index (χ0v) is 18.5. The highest BCUT2D eigenvalue weighted by molar-refractivity contribution is 6.05. The van der Waals surface area contributed by atoms with Gasteiger partial charge in [-0.15, -0.1) is 0 Å². The van der Waals surface area contributed by atoms with Crippen molar-refractivity contribution < 1.29 is 9.21 Å². The fraction of sp³-hybridized carbons (Fsp3) is 0.160. The molecule has 162 valence electrons. The van der Waals surface area contributed by atoms with E-state index in [-0.39, 0.29) is 5.91 Å². The summed E-state index contributed by atoms with van der Waals surface area (Å²) in [5, 5.41) is 9.41. The molecule has 0 aliphatic heterocycles. The molecule has 0 saturated heterocycles. The van der Waals surface area contributed by atoms with Gasteiger partial charge in [0.15, 0.2) is 0 Å². The first-order valence-corrected chi connectivity index (χ1v) is 10.3. The SMILES string of the molecule is Cc1ccc(Nc2nc(C)cc(Nc3ccc(NC(=O)c4cc(C)oc4C)cc3)n2)cc1. The van der Waals surface area contributed by atoms with Crippen molar-refractivity contribution >= 4 is 34.7 Å². The van der Waals surface area contributed by atoms with Crippen LogP contribution in [0, 0.1) is 27.7 Å². The number of aromatic nitrogens is 2. The average Bonchev–Trinajstić information content (AvgIpc) is 3.09. The summed E-state index contributed by atoms with van der Waals surface area (Å²) in [7, 11) is 0. The van der Waals surface area contributed by atoms with Crippen LogP contribution in [0.4, 0.5) is 28.8 Å². The van der Waals surface area contributed by atoms with Crippen LogP contribution < -0.4 is 16.0 Å². The zero-order chi connectivity index (χ0) is 22.7. The summed E-state index contributed by atoms with van der Waals surface area (Å²) >= 11 is 0. The van der Waals surface area contributed by atoms with E-state index in [4.69, 9.17) is 4.42 Å². The van der Waals surface area contributed by atoms with Gasteiger partial charge in [0.1, 0.15) is 17.3 Å². The van der Waals surface area contributed by atoms with E-state index in [1.807, 2.05) is 75.4 Å². The van der Waals surface area contributed by atoms with Gasteiger partial charge in [-0.1, -0.05) is 17.7 Å². The smallest absolute Gasteiger partial charge is 0.259 e. The predicted molar refractivity (Wildman–Crippen MR) is 127 cm³/mol. The first kappa shape index (κ1) is 21.1. The molecule has 0 radical (unpaired) electrons. The molecular weight excluding hydrogens is 402 g/mol. The van der Waals surface area contributed by atoms with Crippen LogP contribution in [0.3, 0.4) is 0 Å². The Balaban J connectivity index is 1.44. The maximum absolute atomic E-state index is 12.5. The summed E-state index contributed by atoms with van der Waals surface area (Å²) in [5.74, 6) is 2.31. The largest absolute Gasteiger partial charge is 0.466 e. The molecule has 32 heavy (non-hydrogen) atoms. The van der Waals surface area contributed by atoms with Crippen LogP contribution in [-0.2, 0) is 0 Å². The second-order valence-electron chi connectivity index (χ2n) is 7.69. The van der Waals surface area contributed by atoms with Gasteiger partial charge in [0.25, 0.3) is 5.91 Å². The molecule has 4 rings (SSSR count). The quantitative estimate of drug-likeness (QED) is 0.347. The highest BCUT2D eigenvalue weighted by Gasteiger charge is 2.13. The summed E-state index contributed by atoms with van der Waals surface area (Å²) in [6.45, 7) is 7.57. The fourth-order valence-electron chi connectivity index (χ4n) is 3.29. The Morgan fingerprint density at radius 1 is 0.781 bits per heavy atom. The highest BCUT2D eigenvalue weighted by atomic mass is 16.3. The maximum Gasteiger partial charge on any atom is 0.259 e. The van der Waals surface area contributed by atoms with Gasteiger partial charge in [0, 0.05) is 28.8 Å². The molecule has 0 bridgehead atoms. The van der Waals surface area contributed by atoms with Crippen LogP contribution in [0.5, 0.6) is 0 Å². The summed E-state index contributed by atoms with van der Waals surface area (Å²) < 4.78 is 5.43. The van der Waals surface area contributed by atoms with E-state index < -0.39 is 0 Å². The monoisotopic (exact) mass is 427 g/mol. The number of benzene rings is 2. The number of amides is 1. The van der Waals surface area contributed by atoms with Crippen molar-refractivity contribution in [1.82, 2.24) is 9.97 Å². The fourth-order valence-corrected chi connectivity index (χ4v) is 3.29. The summed E-state index contributed by atoms with van der Waals surface area (Å²) in [5.41, 5.74) is 5.03. The first-order chi connectivity index (χ1) is 15.4. The van der Waals surface area contributed by atoms with Gasteiger partial charge in [-0.05, 0) is 70.2 Å². The molecule has 0 unspecified atom stereocenters. The third-order valence-electron chi connectivity index (χ3n) is 4.86. The Morgan fingerprint density at radius 3 is 2.06 bits per heavy atom. The Hall–Kier alpha value is -4.13.